The number of anilines is 1. The average Bonchev–Trinajstić information content (AvgIpc) is 2.15. The highest BCUT2D eigenvalue weighted by Crippen LogP contribution is 2.27. The third-order valence-corrected chi connectivity index (χ3v) is 2.31. The van der Waals surface area contributed by atoms with Gasteiger partial charge in [-0.05, 0) is 19.1 Å². The van der Waals surface area contributed by atoms with E-state index >= 15 is 0 Å². The summed E-state index contributed by atoms with van der Waals surface area (Å²) >= 11 is 0. The Labute approximate surface area is 92.9 Å². The van der Waals surface area contributed by atoms with Gasteiger partial charge < -0.3 is 10.6 Å². The van der Waals surface area contributed by atoms with Crippen LogP contribution in [0.5, 0.6) is 0 Å². The van der Waals surface area contributed by atoms with Gasteiger partial charge in [0, 0.05) is 24.3 Å². The van der Waals surface area contributed by atoms with E-state index in [1.807, 2.05) is 0 Å². The van der Waals surface area contributed by atoms with Crippen LogP contribution in [-0.2, 0) is 0 Å². The van der Waals surface area contributed by atoms with Crippen LogP contribution < -0.4 is 10.6 Å². The molecule has 90 valence electrons. The normalized spacial score (nSPS) is 12.9. The largest absolute Gasteiger partial charge is 0.369 e. The molecule has 0 aliphatic carbocycles. The minimum absolute atomic E-state index is 0.269. The van der Waals surface area contributed by atoms with Gasteiger partial charge in [0.15, 0.2) is 0 Å². The standard InChI is InChI=1S/C11H15F3N2/c1-7(15)11-8(12)4-3-5-9(11)16(2)6-10(13)14/h3-5,7,10H,6,15H2,1-2H3/t7-/m0/s1. The van der Waals surface area contributed by atoms with Crippen LogP contribution in [0.25, 0.3) is 0 Å². The van der Waals surface area contributed by atoms with Gasteiger partial charge in [-0.3, -0.25) is 0 Å². The predicted molar refractivity (Wildman–Crippen MR) is 58.3 cm³/mol. The summed E-state index contributed by atoms with van der Waals surface area (Å²) in [5.41, 5.74) is 6.31. The first kappa shape index (κ1) is 12.8. The van der Waals surface area contributed by atoms with E-state index in [0.717, 1.165) is 0 Å². The van der Waals surface area contributed by atoms with Crippen molar-refractivity contribution in [3.05, 3.63) is 29.6 Å². The molecule has 16 heavy (non-hydrogen) atoms. The van der Waals surface area contributed by atoms with Crippen LogP contribution >= 0.6 is 0 Å². The van der Waals surface area contributed by atoms with E-state index in [4.69, 9.17) is 5.73 Å². The number of benzene rings is 1. The fraction of sp³-hybridized carbons (Fsp3) is 0.455. The topological polar surface area (TPSA) is 29.3 Å². The van der Waals surface area contributed by atoms with E-state index in [1.54, 1.807) is 13.0 Å². The molecule has 2 N–H and O–H groups in total. The molecule has 0 fully saturated rings. The zero-order valence-corrected chi connectivity index (χ0v) is 9.25. The Kier molecular flexibility index (Phi) is 4.18. The Morgan fingerprint density at radius 3 is 2.50 bits per heavy atom. The Morgan fingerprint density at radius 1 is 1.38 bits per heavy atom. The first-order valence-electron chi connectivity index (χ1n) is 4.96. The SMILES string of the molecule is C[C@H](N)c1c(F)cccc1N(C)CC(F)F. The van der Waals surface area contributed by atoms with E-state index in [1.165, 1.54) is 24.1 Å². The van der Waals surface area contributed by atoms with E-state index < -0.39 is 24.8 Å². The summed E-state index contributed by atoms with van der Waals surface area (Å²) in [4.78, 5) is 1.31. The smallest absolute Gasteiger partial charge is 0.255 e. The molecule has 0 amide bonds. The Balaban J connectivity index is 3.07. The Bertz CT molecular complexity index is 353. The van der Waals surface area contributed by atoms with E-state index in [9.17, 15) is 13.2 Å². The van der Waals surface area contributed by atoms with Crippen molar-refractivity contribution in [3.8, 4) is 0 Å². The highest BCUT2D eigenvalue weighted by Gasteiger charge is 2.17. The maximum atomic E-state index is 13.5. The van der Waals surface area contributed by atoms with Crippen LogP contribution in [0.4, 0.5) is 18.9 Å². The molecule has 2 nitrogen and oxygen atoms in total. The molecule has 0 aromatic heterocycles. The van der Waals surface area contributed by atoms with Gasteiger partial charge >= 0.3 is 0 Å². The zero-order chi connectivity index (χ0) is 12.3. The van der Waals surface area contributed by atoms with Gasteiger partial charge in [-0.1, -0.05) is 6.07 Å². The summed E-state index contributed by atoms with van der Waals surface area (Å²) in [6, 6.07) is 3.82. The molecule has 1 atom stereocenters. The summed E-state index contributed by atoms with van der Waals surface area (Å²) in [6.45, 7) is 1.18. The molecule has 0 bridgehead atoms. The first-order chi connectivity index (χ1) is 7.43. The fourth-order valence-corrected chi connectivity index (χ4v) is 1.61. The molecule has 0 saturated heterocycles. The number of alkyl halides is 2. The average molecular weight is 232 g/mol. The van der Waals surface area contributed by atoms with E-state index in [0.29, 0.717) is 5.69 Å². The minimum atomic E-state index is -2.46. The second-order valence-electron chi connectivity index (χ2n) is 3.73. The number of nitrogens with zero attached hydrogens (tertiary/aromatic N) is 1. The third-order valence-electron chi connectivity index (χ3n) is 2.31. The summed E-state index contributed by atoms with van der Waals surface area (Å²) < 4.78 is 38.0. The number of hydrogen-bond donors (Lipinski definition) is 1. The quantitative estimate of drug-likeness (QED) is 0.864. The number of rotatable bonds is 4. The van der Waals surface area contributed by atoms with Gasteiger partial charge in [-0.15, -0.1) is 0 Å². The molecule has 1 rings (SSSR count). The van der Waals surface area contributed by atoms with Crippen LogP contribution in [0.1, 0.15) is 18.5 Å². The summed E-state index contributed by atoms with van der Waals surface area (Å²) in [7, 11) is 1.49. The highest BCUT2D eigenvalue weighted by atomic mass is 19.3. The van der Waals surface area contributed by atoms with Gasteiger partial charge in [0.1, 0.15) is 5.82 Å². The first-order valence-corrected chi connectivity index (χ1v) is 4.96. The lowest BCUT2D eigenvalue weighted by molar-refractivity contribution is 0.156. The molecule has 0 radical (unpaired) electrons. The van der Waals surface area contributed by atoms with Crippen molar-refractivity contribution < 1.29 is 13.2 Å². The molecule has 0 unspecified atom stereocenters. The van der Waals surface area contributed by atoms with E-state index in [2.05, 4.69) is 0 Å². The lowest BCUT2D eigenvalue weighted by atomic mass is 10.1. The maximum Gasteiger partial charge on any atom is 0.255 e. The van der Waals surface area contributed by atoms with Crippen LogP contribution in [0.2, 0.25) is 0 Å². The van der Waals surface area contributed by atoms with Gasteiger partial charge in [-0.2, -0.15) is 0 Å². The lowest BCUT2D eigenvalue weighted by Gasteiger charge is -2.23. The lowest BCUT2D eigenvalue weighted by Crippen LogP contribution is -2.26. The maximum absolute atomic E-state index is 13.5. The van der Waals surface area contributed by atoms with Gasteiger partial charge in [0.05, 0.1) is 6.54 Å². The monoisotopic (exact) mass is 232 g/mol. The van der Waals surface area contributed by atoms with Crippen LogP contribution in [0.3, 0.4) is 0 Å². The molecule has 0 heterocycles. The molecule has 5 heteroatoms. The van der Waals surface area contributed by atoms with Gasteiger partial charge in [0.25, 0.3) is 6.43 Å². The molecule has 0 aliphatic heterocycles. The van der Waals surface area contributed by atoms with Crippen LogP contribution in [0, 0.1) is 5.82 Å². The molecule has 0 aliphatic rings. The van der Waals surface area contributed by atoms with Crippen LogP contribution in [0.15, 0.2) is 18.2 Å². The third kappa shape index (κ3) is 2.88. The van der Waals surface area contributed by atoms with Crippen molar-refractivity contribution in [2.45, 2.75) is 19.4 Å². The van der Waals surface area contributed by atoms with Crippen molar-refractivity contribution in [1.29, 1.82) is 0 Å². The molecule has 0 spiro atoms. The van der Waals surface area contributed by atoms with Crippen LogP contribution in [-0.4, -0.2) is 20.0 Å². The van der Waals surface area contributed by atoms with Gasteiger partial charge in [0.2, 0.25) is 0 Å². The fourth-order valence-electron chi connectivity index (χ4n) is 1.61. The molecular weight excluding hydrogens is 217 g/mol. The highest BCUT2D eigenvalue weighted by molar-refractivity contribution is 5.55. The summed E-state index contributed by atoms with van der Waals surface area (Å²) in [5.74, 6) is -0.464. The Morgan fingerprint density at radius 2 is 2.00 bits per heavy atom. The Hall–Kier alpha value is -1.23. The number of nitrogens with two attached hydrogens (primary N) is 1. The van der Waals surface area contributed by atoms with Crippen molar-refractivity contribution in [2.75, 3.05) is 18.5 Å². The molecular formula is C11H15F3N2. The van der Waals surface area contributed by atoms with Crippen molar-refractivity contribution in [3.63, 3.8) is 0 Å². The summed E-state index contributed by atoms with van der Waals surface area (Å²) in [6.07, 6.45) is -2.46. The van der Waals surface area contributed by atoms with E-state index in [-0.39, 0.29) is 5.56 Å². The van der Waals surface area contributed by atoms with Crippen molar-refractivity contribution >= 4 is 5.69 Å². The second-order valence-corrected chi connectivity index (χ2v) is 3.73. The van der Waals surface area contributed by atoms with Crippen molar-refractivity contribution in [1.82, 2.24) is 0 Å². The molecule has 0 saturated carbocycles. The number of halogens is 3. The molecule has 1 aromatic rings. The molecule has 1 aromatic carbocycles. The predicted octanol–water partition coefficient (Wildman–Crippen LogP) is 2.55. The van der Waals surface area contributed by atoms with Gasteiger partial charge in [-0.25, -0.2) is 13.2 Å². The second kappa shape index (κ2) is 5.21. The van der Waals surface area contributed by atoms with Crippen molar-refractivity contribution in [2.24, 2.45) is 5.73 Å². The number of hydrogen-bond acceptors (Lipinski definition) is 2. The summed E-state index contributed by atoms with van der Waals surface area (Å²) in [5, 5.41) is 0. The zero-order valence-electron chi connectivity index (χ0n) is 9.25. The minimum Gasteiger partial charge on any atom is -0.369 e.